The Morgan fingerprint density at radius 1 is 1.23 bits per heavy atom. The zero-order valence-electron chi connectivity index (χ0n) is 21.6. The highest BCUT2D eigenvalue weighted by atomic mass is 32.2. The van der Waals surface area contributed by atoms with Crippen LogP contribution in [0, 0.1) is 11.3 Å². The summed E-state index contributed by atoms with van der Waals surface area (Å²) in [6.45, 7) is 9.60. The maximum atomic E-state index is 12.6. The third kappa shape index (κ3) is 5.13. The molecular weight excluding hydrogens is 456 g/mol. The van der Waals surface area contributed by atoms with Crippen molar-refractivity contribution in [3.05, 3.63) is 58.8 Å². The van der Waals surface area contributed by atoms with Gasteiger partial charge in [-0.3, -0.25) is 4.79 Å². The van der Waals surface area contributed by atoms with E-state index in [0.29, 0.717) is 29.0 Å². The van der Waals surface area contributed by atoms with Crippen LogP contribution in [0.4, 0.5) is 0 Å². The molecule has 0 spiro atoms. The largest absolute Gasteiger partial charge is 0.452 e. The number of esters is 1. The number of thioether (sulfide) groups is 1. The number of aryl methyl sites for hydroxylation is 1. The molecule has 1 aromatic carbocycles. The van der Waals surface area contributed by atoms with E-state index < -0.39 is 5.97 Å². The summed E-state index contributed by atoms with van der Waals surface area (Å²) in [6.07, 6.45) is 9.18. The Bertz CT molecular complexity index is 1100. The molecule has 1 amide bonds. The summed E-state index contributed by atoms with van der Waals surface area (Å²) in [5.74, 6) is 0.277. The number of hydrogen-bond acceptors (Lipinski definition) is 5. The Hall–Kier alpha value is -2.34. The van der Waals surface area contributed by atoms with Crippen LogP contribution in [0.2, 0.25) is 0 Å². The van der Waals surface area contributed by atoms with Crippen LogP contribution in [0.1, 0.15) is 86.3 Å². The molecule has 0 radical (unpaired) electrons. The van der Waals surface area contributed by atoms with Crippen molar-refractivity contribution in [2.24, 2.45) is 11.3 Å². The second-order valence-electron chi connectivity index (χ2n) is 11.0. The molecule has 1 heterocycles. The van der Waals surface area contributed by atoms with Crippen molar-refractivity contribution in [3.8, 4) is 0 Å². The summed E-state index contributed by atoms with van der Waals surface area (Å²) >= 11 is 1.38. The molecule has 1 aromatic heterocycles. The van der Waals surface area contributed by atoms with Gasteiger partial charge in [0.1, 0.15) is 5.03 Å². The van der Waals surface area contributed by atoms with Gasteiger partial charge in [0, 0.05) is 12.7 Å². The summed E-state index contributed by atoms with van der Waals surface area (Å²) < 4.78 is 5.30. The number of ether oxygens (including phenoxy) is 1. The molecule has 5 nitrogen and oxygen atoms in total. The third-order valence-electron chi connectivity index (χ3n) is 8.38. The van der Waals surface area contributed by atoms with Gasteiger partial charge in [-0.1, -0.05) is 52.3 Å². The first kappa shape index (κ1) is 25.7. The fourth-order valence-electron chi connectivity index (χ4n) is 6.48. The van der Waals surface area contributed by atoms with Crippen molar-refractivity contribution in [2.45, 2.75) is 76.2 Å². The molecule has 4 rings (SSSR count). The van der Waals surface area contributed by atoms with Crippen LogP contribution in [-0.4, -0.2) is 36.3 Å². The third-order valence-corrected chi connectivity index (χ3v) is 9.09. The summed E-state index contributed by atoms with van der Waals surface area (Å²) in [6, 6.07) is 10.5. The van der Waals surface area contributed by atoms with Gasteiger partial charge < -0.3 is 10.1 Å². The Kier molecular flexibility index (Phi) is 7.60. The first-order valence-electron chi connectivity index (χ1n) is 12.7. The molecule has 0 aliphatic heterocycles. The fourth-order valence-corrected chi connectivity index (χ4v) is 7.02. The van der Waals surface area contributed by atoms with Crippen LogP contribution in [-0.2, 0) is 21.4 Å². The lowest BCUT2D eigenvalue weighted by atomic mass is 9.49. The van der Waals surface area contributed by atoms with Gasteiger partial charge in [-0.25, -0.2) is 9.78 Å². The predicted molar refractivity (Wildman–Crippen MR) is 141 cm³/mol. The molecule has 1 saturated carbocycles. The number of carbonyl (C=O) groups is 2. The van der Waals surface area contributed by atoms with Crippen LogP contribution in [0.5, 0.6) is 0 Å². The van der Waals surface area contributed by atoms with Crippen molar-refractivity contribution < 1.29 is 14.3 Å². The second-order valence-corrected chi connectivity index (χ2v) is 11.8. The van der Waals surface area contributed by atoms with Gasteiger partial charge in [-0.2, -0.15) is 0 Å². The lowest BCUT2D eigenvalue weighted by molar-refractivity contribution is -0.125. The lowest BCUT2D eigenvalue weighted by Gasteiger charge is -2.55. The molecule has 6 heteroatoms. The Morgan fingerprint density at radius 2 is 2.03 bits per heavy atom. The van der Waals surface area contributed by atoms with E-state index in [2.05, 4.69) is 56.2 Å². The average Bonchev–Trinajstić information content (AvgIpc) is 2.85. The van der Waals surface area contributed by atoms with E-state index in [4.69, 9.17) is 4.74 Å². The SMILES string of the molecule is CSc1ncccc1C(=O)OCC(=O)NCC1(C)CCCC2(C)c3ccc(C(C)C)cc3CCC12. The molecule has 35 heavy (non-hydrogen) atoms. The second kappa shape index (κ2) is 10.3. The predicted octanol–water partition coefficient (Wildman–Crippen LogP) is 5.91. The van der Waals surface area contributed by atoms with Crippen molar-refractivity contribution >= 4 is 23.6 Å². The van der Waals surface area contributed by atoms with E-state index in [1.54, 1.807) is 18.3 Å². The zero-order chi connectivity index (χ0) is 25.2. The molecule has 3 atom stereocenters. The topological polar surface area (TPSA) is 68.3 Å². The number of aromatic nitrogens is 1. The number of rotatable bonds is 7. The highest BCUT2D eigenvalue weighted by Gasteiger charge is 2.51. The van der Waals surface area contributed by atoms with Gasteiger partial charge in [-0.15, -0.1) is 11.8 Å². The summed E-state index contributed by atoms with van der Waals surface area (Å²) in [5, 5.41) is 3.69. The summed E-state index contributed by atoms with van der Waals surface area (Å²) in [7, 11) is 0. The molecule has 2 aliphatic rings. The van der Waals surface area contributed by atoms with Crippen molar-refractivity contribution in [2.75, 3.05) is 19.4 Å². The molecule has 1 fully saturated rings. The van der Waals surface area contributed by atoms with Crippen molar-refractivity contribution in [3.63, 3.8) is 0 Å². The Balaban J connectivity index is 1.40. The molecular formula is C29H38N2O3S. The Labute approximate surface area is 213 Å². The number of carbonyl (C=O) groups excluding carboxylic acids is 2. The van der Waals surface area contributed by atoms with Crippen LogP contribution in [0.3, 0.4) is 0 Å². The number of amides is 1. The van der Waals surface area contributed by atoms with Gasteiger partial charge in [0.05, 0.1) is 5.56 Å². The van der Waals surface area contributed by atoms with E-state index in [-0.39, 0.29) is 23.3 Å². The van der Waals surface area contributed by atoms with Crippen LogP contribution >= 0.6 is 11.8 Å². The van der Waals surface area contributed by atoms with E-state index in [1.165, 1.54) is 34.9 Å². The quantitative estimate of drug-likeness (QED) is 0.383. The smallest absolute Gasteiger partial charge is 0.341 e. The summed E-state index contributed by atoms with van der Waals surface area (Å²) in [4.78, 5) is 29.3. The zero-order valence-corrected chi connectivity index (χ0v) is 22.5. The van der Waals surface area contributed by atoms with Crippen LogP contribution in [0.25, 0.3) is 0 Å². The monoisotopic (exact) mass is 494 g/mol. The Morgan fingerprint density at radius 3 is 2.77 bits per heavy atom. The van der Waals surface area contributed by atoms with Gasteiger partial charge in [0.2, 0.25) is 0 Å². The molecule has 188 valence electrons. The minimum atomic E-state index is -0.515. The highest BCUT2D eigenvalue weighted by Crippen LogP contribution is 2.57. The minimum Gasteiger partial charge on any atom is -0.452 e. The maximum absolute atomic E-state index is 12.6. The van der Waals surface area contributed by atoms with Gasteiger partial charge in [-0.05, 0) is 83.4 Å². The normalized spacial score (nSPS) is 25.5. The number of fused-ring (bicyclic) bond motifs is 3. The van der Waals surface area contributed by atoms with E-state index in [0.717, 1.165) is 25.7 Å². The van der Waals surface area contributed by atoms with Crippen molar-refractivity contribution in [1.82, 2.24) is 10.3 Å². The lowest BCUT2D eigenvalue weighted by Crippen LogP contribution is -2.53. The number of nitrogens with zero attached hydrogens (tertiary/aromatic N) is 1. The van der Waals surface area contributed by atoms with E-state index >= 15 is 0 Å². The minimum absolute atomic E-state index is 0.0104. The molecule has 2 aliphatic carbocycles. The van der Waals surface area contributed by atoms with E-state index in [9.17, 15) is 9.59 Å². The van der Waals surface area contributed by atoms with Crippen LogP contribution in [0.15, 0.2) is 41.6 Å². The number of nitrogens with one attached hydrogen (secondary N) is 1. The molecule has 0 saturated heterocycles. The van der Waals surface area contributed by atoms with Gasteiger partial charge in [0.25, 0.3) is 5.91 Å². The first-order chi connectivity index (χ1) is 16.7. The van der Waals surface area contributed by atoms with Crippen LogP contribution < -0.4 is 5.32 Å². The standard InChI is InChI=1S/C29H38N2O3S/c1-19(2)20-9-11-23-21(16-20)10-12-24-28(3,13-7-14-29(23,24)4)18-31-25(32)17-34-27(33)22-8-6-15-30-26(22)35-5/h6,8-9,11,15-16,19,24H,7,10,12-14,17-18H2,1-5H3,(H,31,32). The number of hydrogen-bond donors (Lipinski definition) is 1. The van der Waals surface area contributed by atoms with Crippen molar-refractivity contribution in [1.29, 1.82) is 0 Å². The van der Waals surface area contributed by atoms with Gasteiger partial charge in [0.15, 0.2) is 6.61 Å². The molecule has 3 unspecified atom stereocenters. The summed E-state index contributed by atoms with van der Waals surface area (Å²) in [5.41, 5.74) is 4.96. The fraction of sp³-hybridized carbons (Fsp3) is 0.552. The molecule has 1 N–H and O–H groups in total. The molecule has 2 aromatic rings. The highest BCUT2D eigenvalue weighted by molar-refractivity contribution is 7.98. The maximum Gasteiger partial charge on any atom is 0.341 e. The number of pyridine rings is 1. The first-order valence-corrected chi connectivity index (χ1v) is 14.0. The van der Waals surface area contributed by atoms with E-state index in [1.807, 2.05) is 6.26 Å². The average molecular weight is 495 g/mol. The molecule has 0 bridgehead atoms. The van der Waals surface area contributed by atoms with Gasteiger partial charge >= 0.3 is 5.97 Å². The number of benzene rings is 1.